The van der Waals surface area contributed by atoms with E-state index in [-0.39, 0.29) is 0 Å². The van der Waals surface area contributed by atoms with Crippen molar-refractivity contribution in [2.24, 2.45) is 17.9 Å². The molecule has 1 saturated carbocycles. The Balaban J connectivity index is 2.45. The lowest BCUT2D eigenvalue weighted by atomic mass is 10.0. The van der Waals surface area contributed by atoms with E-state index in [2.05, 4.69) is 32.8 Å². The van der Waals surface area contributed by atoms with Gasteiger partial charge in [-0.1, -0.05) is 27.7 Å². The summed E-state index contributed by atoms with van der Waals surface area (Å²) in [5, 5.41) is 4.20. The van der Waals surface area contributed by atoms with Crippen LogP contribution in [0.15, 0.2) is 6.20 Å². The topological polar surface area (TPSA) is 43.8 Å². The highest BCUT2D eigenvalue weighted by Gasteiger charge is 2.66. The van der Waals surface area contributed by atoms with E-state index in [1.807, 2.05) is 11.7 Å². The number of rotatable bonds is 1. The Kier molecular flexibility index (Phi) is 1.59. The second-order valence-corrected chi connectivity index (χ2v) is 5.49. The maximum absolute atomic E-state index is 5.94. The molecule has 1 aliphatic rings. The molecule has 2 rings (SSSR count). The second-order valence-electron chi connectivity index (χ2n) is 5.49. The molecule has 0 saturated heterocycles. The first kappa shape index (κ1) is 9.56. The van der Waals surface area contributed by atoms with Gasteiger partial charge in [0.05, 0.1) is 17.6 Å². The standard InChI is InChI=1S/C11H19N3/c1-10(2)9(11(10,3)4)8-7(12)6-13-14(8)5/h6,9H,12H2,1-5H3. The minimum absolute atomic E-state index is 0.328. The highest BCUT2D eigenvalue weighted by molar-refractivity contribution is 5.49. The van der Waals surface area contributed by atoms with Crippen LogP contribution in [-0.4, -0.2) is 9.78 Å². The van der Waals surface area contributed by atoms with Crippen molar-refractivity contribution in [3.63, 3.8) is 0 Å². The van der Waals surface area contributed by atoms with Gasteiger partial charge in [0.15, 0.2) is 0 Å². The Morgan fingerprint density at radius 2 is 1.79 bits per heavy atom. The zero-order chi connectivity index (χ0) is 10.7. The first-order chi connectivity index (χ1) is 6.30. The fourth-order valence-electron chi connectivity index (χ4n) is 2.70. The average molecular weight is 193 g/mol. The summed E-state index contributed by atoms with van der Waals surface area (Å²) >= 11 is 0. The van der Waals surface area contributed by atoms with Crippen LogP contribution in [0, 0.1) is 10.8 Å². The Bertz CT molecular complexity index is 340. The van der Waals surface area contributed by atoms with Gasteiger partial charge in [0, 0.05) is 13.0 Å². The molecular weight excluding hydrogens is 174 g/mol. The van der Waals surface area contributed by atoms with Crippen molar-refractivity contribution in [2.75, 3.05) is 5.73 Å². The lowest BCUT2D eigenvalue weighted by Crippen LogP contribution is -2.02. The number of hydrogen-bond acceptors (Lipinski definition) is 2. The fraction of sp³-hybridized carbons (Fsp3) is 0.727. The van der Waals surface area contributed by atoms with Crippen molar-refractivity contribution in [2.45, 2.75) is 33.6 Å². The minimum Gasteiger partial charge on any atom is -0.396 e. The lowest BCUT2D eigenvalue weighted by molar-refractivity contribution is 0.457. The molecule has 0 aliphatic heterocycles. The second kappa shape index (κ2) is 2.33. The van der Waals surface area contributed by atoms with E-state index >= 15 is 0 Å². The van der Waals surface area contributed by atoms with Gasteiger partial charge in [0.1, 0.15) is 0 Å². The van der Waals surface area contributed by atoms with Crippen molar-refractivity contribution >= 4 is 5.69 Å². The van der Waals surface area contributed by atoms with Crippen LogP contribution in [0.3, 0.4) is 0 Å². The molecular formula is C11H19N3. The highest BCUT2D eigenvalue weighted by Crippen LogP contribution is 2.74. The number of aromatic nitrogens is 2. The molecule has 0 bridgehead atoms. The molecule has 0 unspecified atom stereocenters. The Morgan fingerprint density at radius 3 is 2.07 bits per heavy atom. The number of aryl methyl sites for hydroxylation is 1. The number of anilines is 1. The van der Waals surface area contributed by atoms with E-state index in [9.17, 15) is 0 Å². The van der Waals surface area contributed by atoms with Crippen molar-refractivity contribution in [3.05, 3.63) is 11.9 Å². The minimum atomic E-state index is 0.328. The molecule has 0 aromatic carbocycles. The van der Waals surface area contributed by atoms with Crippen LogP contribution in [0.1, 0.15) is 39.3 Å². The molecule has 0 spiro atoms. The van der Waals surface area contributed by atoms with E-state index in [4.69, 9.17) is 5.73 Å². The maximum Gasteiger partial charge on any atom is 0.0736 e. The molecule has 1 aromatic rings. The zero-order valence-corrected chi connectivity index (χ0v) is 9.63. The van der Waals surface area contributed by atoms with Gasteiger partial charge >= 0.3 is 0 Å². The van der Waals surface area contributed by atoms with Gasteiger partial charge in [-0.05, 0) is 10.8 Å². The van der Waals surface area contributed by atoms with Crippen LogP contribution < -0.4 is 5.73 Å². The summed E-state index contributed by atoms with van der Waals surface area (Å²) < 4.78 is 1.91. The van der Waals surface area contributed by atoms with Gasteiger partial charge < -0.3 is 5.73 Å². The van der Waals surface area contributed by atoms with Crippen molar-refractivity contribution in [1.82, 2.24) is 9.78 Å². The third kappa shape index (κ3) is 0.900. The molecule has 14 heavy (non-hydrogen) atoms. The third-order valence-electron chi connectivity index (χ3n) is 4.31. The van der Waals surface area contributed by atoms with Crippen LogP contribution >= 0.6 is 0 Å². The van der Waals surface area contributed by atoms with E-state index in [0.717, 1.165) is 5.69 Å². The van der Waals surface area contributed by atoms with E-state index in [0.29, 0.717) is 16.7 Å². The molecule has 0 atom stereocenters. The molecule has 1 aromatic heterocycles. The van der Waals surface area contributed by atoms with Gasteiger partial charge in [-0.2, -0.15) is 5.10 Å². The molecule has 3 heteroatoms. The van der Waals surface area contributed by atoms with E-state index in [1.54, 1.807) is 6.20 Å². The average Bonchev–Trinajstić information content (AvgIpc) is 2.37. The highest BCUT2D eigenvalue weighted by atomic mass is 15.3. The monoisotopic (exact) mass is 193 g/mol. The summed E-state index contributed by atoms with van der Waals surface area (Å²) in [5.74, 6) is 0.530. The number of hydrogen-bond donors (Lipinski definition) is 1. The summed E-state index contributed by atoms with van der Waals surface area (Å²) in [6.07, 6.45) is 1.75. The lowest BCUT2D eigenvalue weighted by Gasteiger charge is -2.04. The summed E-state index contributed by atoms with van der Waals surface area (Å²) in [6.45, 7) is 9.18. The number of nitrogen functional groups attached to an aromatic ring is 1. The van der Waals surface area contributed by atoms with Crippen molar-refractivity contribution in [1.29, 1.82) is 0 Å². The van der Waals surface area contributed by atoms with E-state index in [1.165, 1.54) is 5.69 Å². The van der Waals surface area contributed by atoms with Gasteiger partial charge in [-0.25, -0.2) is 0 Å². The SMILES string of the molecule is Cn1ncc(N)c1C1C(C)(C)C1(C)C. The molecule has 1 aliphatic carbocycles. The van der Waals surface area contributed by atoms with E-state index < -0.39 is 0 Å². The smallest absolute Gasteiger partial charge is 0.0736 e. The molecule has 0 amide bonds. The molecule has 3 nitrogen and oxygen atoms in total. The maximum atomic E-state index is 5.94. The largest absolute Gasteiger partial charge is 0.396 e. The Labute approximate surface area is 85.3 Å². The molecule has 78 valence electrons. The van der Waals surface area contributed by atoms with Gasteiger partial charge in [0.2, 0.25) is 0 Å². The predicted molar refractivity (Wildman–Crippen MR) is 57.9 cm³/mol. The number of nitrogens with two attached hydrogens (primary N) is 1. The van der Waals surface area contributed by atoms with Gasteiger partial charge in [0.25, 0.3) is 0 Å². The summed E-state index contributed by atoms with van der Waals surface area (Å²) in [4.78, 5) is 0. The first-order valence-corrected chi connectivity index (χ1v) is 5.07. The van der Waals surface area contributed by atoms with Crippen LogP contribution in [0.4, 0.5) is 5.69 Å². The predicted octanol–water partition coefficient (Wildman–Crippen LogP) is 2.15. The van der Waals surface area contributed by atoms with Crippen molar-refractivity contribution in [3.8, 4) is 0 Å². The third-order valence-corrected chi connectivity index (χ3v) is 4.31. The molecule has 1 heterocycles. The number of nitrogens with zero attached hydrogens (tertiary/aromatic N) is 2. The normalized spacial score (nSPS) is 23.8. The first-order valence-electron chi connectivity index (χ1n) is 5.07. The summed E-state index contributed by atoms with van der Waals surface area (Å²) in [5.41, 5.74) is 8.62. The fourth-order valence-corrected chi connectivity index (χ4v) is 2.70. The summed E-state index contributed by atoms with van der Waals surface area (Å²) in [6, 6.07) is 0. The van der Waals surface area contributed by atoms with Gasteiger partial charge in [-0.15, -0.1) is 0 Å². The quantitative estimate of drug-likeness (QED) is 0.742. The van der Waals surface area contributed by atoms with Crippen LogP contribution in [0.2, 0.25) is 0 Å². The van der Waals surface area contributed by atoms with Crippen LogP contribution in [0.5, 0.6) is 0 Å². The summed E-state index contributed by atoms with van der Waals surface area (Å²) in [7, 11) is 1.97. The molecule has 1 fully saturated rings. The van der Waals surface area contributed by atoms with Gasteiger partial charge in [-0.3, -0.25) is 4.68 Å². The van der Waals surface area contributed by atoms with Crippen LogP contribution in [0.25, 0.3) is 0 Å². The molecule has 2 N–H and O–H groups in total. The van der Waals surface area contributed by atoms with Crippen LogP contribution in [-0.2, 0) is 7.05 Å². The zero-order valence-electron chi connectivity index (χ0n) is 9.63. The van der Waals surface area contributed by atoms with Crippen molar-refractivity contribution < 1.29 is 0 Å². The Morgan fingerprint density at radius 1 is 1.29 bits per heavy atom. The Hall–Kier alpha value is -0.990. The molecule has 0 radical (unpaired) electrons.